The monoisotopic (exact) mass is 339 g/mol. The smallest absolute Gasteiger partial charge is 0.0913 e. The molecule has 0 saturated carbocycles. The summed E-state index contributed by atoms with van der Waals surface area (Å²) in [6.45, 7) is 6.80. The van der Waals surface area contributed by atoms with Crippen LogP contribution in [0.1, 0.15) is 33.1 Å². The van der Waals surface area contributed by atoms with E-state index < -0.39 is 5.60 Å². The van der Waals surface area contributed by atoms with Crippen LogP contribution in [-0.2, 0) is 0 Å². The first-order valence-electron chi connectivity index (χ1n) is 5.40. The van der Waals surface area contributed by atoms with E-state index in [9.17, 15) is 5.11 Å². The zero-order valence-corrected chi connectivity index (χ0v) is 12.6. The van der Waals surface area contributed by atoms with Crippen LogP contribution in [-0.4, -0.2) is 35.2 Å². The van der Waals surface area contributed by atoms with Gasteiger partial charge in [0, 0.05) is 15.5 Å². The van der Waals surface area contributed by atoms with Crippen molar-refractivity contribution in [1.29, 1.82) is 0 Å². The fourth-order valence-electron chi connectivity index (χ4n) is 1.72. The highest BCUT2D eigenvalue weighted by atomic mass is 79.9. The number of hydrogen-bond donors (Lipinski definition) is 1. The Balaban J connectivity index is 2.56. The van der Waals surface area contributed by atoms with Crippen LogP contribution in [0.4, 0.5) is 0 Å². The Morgan fingerprint density at radius 1 is 1.20 bits per heavy atom. The molecule has 1 rings (SSSR count). The lowest BCUT2D eigenvalue weighted by Crippen LogP contribution is -2.32. The Morgan fingerprint density at radius 3 is 2.20 bits per heavy atom. The van der Waals surface area contributed by atoms with Crippen molar-refractivity contribution in [1.82, 2.24) is 4.90 Å². The molecule has 1 heterocycles. The summed E-state index contributed by atoms with van der Waals surface area (Å²) in [4.78, 5) is 2.42. The zero-order valence-electron chi connectivity index (χ0n) is 9.39. The fourth-order valence-corrected chi connectivity index (χ4v) is 2.68. The molecule has 15 heavy (non-hydrogen) atoms. The highest BCUT2D eigenvalue weighted by Crippen LogP contribution is 2.29. The summed E-state index contributed by atoms with van der Waals surface area (Å²) in [5, 5.41) is 9.83. The summed E-state index contributed by atoms with van der Waals surface area (Å²) in [5.41, 5.74) is -0.797. The topological polar surface area (TPSA) is 23.5 Å². The lowest BCUT2D eigenvalue weighted by Gasteiger charge is -2.28. The van der Waals surface area contributed by atoms with E-state index in [2.05, 4.69) is 36.8 Å². The summed E-state index contributed by atoms with van der Waals surface area (Å²) < 4.78 is 1.90. The highest BCUT2D eigenvalue weighted by molar-refractivity contribution is 9.14. The van der Waals surface area contributed by atoms with Crippen molar-refractivity contribution < 1.29 is 5.11 Å². The second-order valence-electron chi connectivity index (χ2n) is 4.61. The van der Waals surface area contributed by atoms with Gasteiger partial charge in [-0.15, -0.1) is 0 Å². The maximum Gasteiger partial charge on any atom is 0.0913 e. The van der Waals surface area contributed by atoms with Crippen molar-refractivity contribution in [3.8, 4) is 0 Å². The number of nitrogens with zero attached hydrogens (tertiary/aromatic N) is 1. The van der Waals surface area contributed by atoms with Gasteiger partial charge in [-0.05, 0) is 39.8 Å². The first-order valence-corrected chi connectivity index (χ1v) is 6.99. The van der Waals surface area contributed by atoms with Gasteiger partial charge in [-0.3, -0.25) is 4.90 Å². The van der Waals surface area contributed by atoms with Crippen LogP contribution in [0, 0.1) is 0 Å². The van der Waals surface area contributed by atoms with Crippen molar-refractivity contribution in [2.45, 2.75) is 38.7 Å². The first kappa shape index (κ1) is 13.7. The quantitative estimate of drug-likeness (QED) is 0.852. The molecule has 0 amide bonds. The van der Waals surface area contributed by atoms with Crippen LogP contribution in [0.3, 0.4) is 0 Å². The van der Waals surface area contributed by atoms with Gasteiger partial charge in [-0.25, -0.2) is 0 Å². The molecule has 1 aliphatic heterocycles. The number of halogens is 2. The molecule has 0 unspecified atom stereocenters. The molecule has 1 N–H and O–H groups in total. The third-order valence-corrected chi connectivity index (χ3v) is 5.21. The molecule has 0 bridgehead atoms. The second kappa shape index (κ2) is 5.80. The van der Waals surface area contributed by atoms with E-state index in [0.29, 0.717) is 0 Å². The van der Waals surface area contributed by atoms with Gasteiger partial charge in [0.15, 0.2) is 0 Å². The minimum Gasteiger partial charge on any atom is -0.385 e. The predicted octanol–water partition coefficient (Wildman–Crippen LogP) is 3.24. The summed E-state index contributed by atoms with van der Waals surface area (Å²) in [6.07, 6.45) is 3.94. The van der Waals surface area contributed by atoms with Crippen LogP contribution >= 0.6 is 31.9 Å². The molecule has 88 valence electrons. The van der Waals surface area contributed by atoms with Gasteiger partial charge in [0.25, 0.3) is 0 Å². The van der Waals surface area contributed by atoms with Crippen molar-refractivity contribution in [3.63, 3.8) is 0 Å². The van der Waals surface area contributed by atoms with Gasteiger partial charge in [0.2, 0.25) is 0 Å². The molecule has 0 atom stereocenters. The van der Waals surface area contributed by atoms with E-state index in [0.717, 1.165) is 15.5 Å². The molecule has 4 heteroatoms. The van der Waals surface area contributed by atoms with E-state index in [1.165, 1.54) is 32.4 Å². The minimum absolute atomic E-state index is 0.797. The molecule has 1 aliphatic rings. The maximum absolute atomic E-state index is 9.83. The lowest BCUT2D eigenvalue weighted by atomic mass is 10.1. The third-order valence-electron chi connectivity index (χ3n) is 2.59. The predicted molar refractivity (Wildman–Crippen MR) is 71.5 cm³/mol. The molecule has 0 spiro atoms. The summed E-state index contributed by atoms with van der Waals surface area (Å²) in [5.74, 6) is 0. The van der Waals surface area contributed by atoms with Gasteiger partial charge in [-0.2, -0.15) is 0 Å². The average Bonchev–Trinajstić information content (AvgIpc) is 2.16. The molecular formula is C11H19Br2NO. The van der Waals surface area contributed by atoms with Gasteiger partial charge in [-0.1, -0.05) is 38.3 Å². The SMILES string of the molecule is CC(C)(O)/C(Br)=C(\Br)CN1CCCCC1. The number of rotatable bonds is 3. The molecule has 2 nitrogen and oxygen atoms in total. The highest BCUT2D eigenvalue weighted by Gasteiger charge is 2.21. The van der Waals surface area contributed by atoms with Crippen LogP contribution in [0.2, 0.25) is 0 Å². The summed E-state index contributed by atoms with van der Waals surface area (Å²) in [6, 6.07) is 0. The number of aliphatic hydroxyl groups is 1. The van der Waals surface area contributed by atoms with E-state index in [1.807, 2.05) is 0 Å². The van der Waals surface area contributed by atoms with Crippen molar-refractivity contribution in [2.75, 3.05) is 19.6 Å². The third kappa shape index (κ3) is 4.55. The zero-order chi connectivity index (χ0) is 11.5. The number of likely N-dealkylation sites (tertiary alicyclic amines) is 1. The Hall–Kier alpha value is 0.620. The molecule has 0 aromatic heterocycles. The average molecular weight is 341 g/mol. The van der Waals surface area contributed by atoms with Gasteiger partial charge < -0.3 is 5.11 Å². The second-order valence-corrected chi connectivity index (χ2v) is 6.36. The number of hydrogen-bond acceptors (Lipinski definition) is 2. The molecule has 0 aliphatic carbocycles. The Bertz CT molecular complexity index is 239. The van der Waals surface area contributed by atoms with E-state index in [1.54, 1.807) is 13.8 Å². The largest absolute Gasteiger partial charge is 0.385 e. The van der Waals surface area contributed by atoms with Crippen LogP contribution in [0.5, 0.6) is 0 Å². The molecule has 0 aromatic carbocycles. The Labute approximate surface area is 109 Å². The molecular weight excluding hydrogens is 322 g/mol. The normalized spacial score (nSPS) is 21.4. The molecule has 1 saturated heterocycles. The van der Waals surface area contributed by atoms with Crippen molar-refractivity contribution in [2.24, 2.45) is 0 Å². The summed E-state index contributed by atoms with van der Waals surface area (Å²) in [7, 11) is 0. The Morgan fingerprint density at radius 2 is 1.73 bits per heavy atom. The van der Waals surface area contributed by atoms with Crippen LogP contribution in [0.25, 0.3) is 0 Å². The number of piperidine rings is 1. The fraction of sp³-hybridized carbons (Fsp3) is 0.818. The minimum atomic E-state index is -0.797. The van der Waals surface area contributed by atoms with Gasteiger partial charge in [0.1, 0.15) is 0 Å². The van der Waals surface area contributed by atoms with Crippen molar-refractivity contribution in [3.05, 3.63) is 8.96 Å². The maximum atomic E-state index is 9.83. The van der Waals surface area contributed by atoms with Crippen molar-refractivity contribution >= 4 is 31.9 Å². The Kier molecular flexibility index (Phi) is 5.29. The van der Waals surface area contributed by atoms with E-state index in [4.69, 9.17) is 0 Å². The van der Waals surface area contributed by atoms with E-state index in [-0.39, 0.29) is 0 Å². The van der Waals surface area contributed by atoms with E-state index >= 15 is 0 Å². The summed E-state index contributed by atoms with van der Waals surface area (Å²) >= 11 is 6.99. The molecule has 0 aromatic rings. The van der Waals surface area contributed by atoms with Crippen LogP contribution in [0.15, 0.2) is 8.96 Å². The molecule has 0 radical (unpaired) electrons. The first-order chi connectivity index (χ1) is 6.91. The standard InChI is InChI=1S/C11H19Br2NO/c1-11(2,15)10(13)9(12)8-14-6-4-3-5-7-14/h15H,3-8H2,1-2H3/b10-9+. The van der Waals surface area contributed by atoms with Crippen LogP contribution < -0.4 is 0 Å². The van der Waals surface area contributed by atoms with Gasteiger partial charge >= 0.3 is 0 Å². The lowest BCUT2D eigenvalue weighted by molar-refractivity contribution is 0.128. The molecule has 1 fully saturated rings. The van der Waals surface area contributed by atoms with Gasteiger partial charge in [0.05, 0.1) is 5.60 Å².